The molecule has 0 unspecified atom stereocenters. The highest BCUT2D eigenvalue weighted by atomic mass is 19.4. The van der Waals surface area contributed by atoms with Crippen LogP contribution in [0.25, 0.3) is 0 Å². The van der Waals surface area contributed by atoms with Crippen molar-refractivity contribution >= 4 is 0 Å². The second-order valence-corrected chi connectivity index (χ2v) is 9.03. The Bertz CT molecular complexity index is 757. The van der Waals surface area contributed by atoms with Crippen molar-refractivity contribution in [3.05, 3.63) is 65.2 Å². The molecule has 1 aliphatic rings. The molecule has 0 spiro atoms. The summed E-state index contributed by atoms with van der Waals surface area (Å²) in [6.45, 7) is 2.27. The van der Waals surface area contributed by atoms with Crippen LogP contribution in [0, 0.1) is 5.92 Å². The summed E-state index contributed by atoms with van der Waals surface area (Å²) in [7, 11) is 0. The van der Waals surface area contributed by atoms with Gasteiger partial charge in [0, 0.05) is 0 Å². The molecule has 1 aliphatic carbocycles. The molecule has 170 valence electrons. The molecule has 0 atom stereocenters. The third kappa shape index (κ3) is 8.23. The Balaban J connectivity index is 1.43. The van der Waals surface area contributed by atoms with E-state index in [2.05, 4.69) is 35.9 Å². The highest BCUT2D eigenvalue weighted by molar-refractivity contribution is 5.33. The Labute approximate surface area is 185 Å². The fourth-order valence-electron chi connectivity index (χ4n) is 4.77. The molecule has 0 bridgehead atoms. The van der Waals surface area contributed by atoms with Crippen LogP contribution in [0.1, 0.15) is 93.7 Å². The van der Waals surface area contributed by atoms with E-state index in [1.165, 1.54) is 87.5 Å². The molecule has 1 nitrogen and oxygen atoms in total. The first-order valence-electron chi connectivity index (χ1n) is 11.9. The smallest absolute Gasteiger partial charge is 0.406 e. The molecule has 4 heteroatoms. The summed E-state index contributed by atoms with van der Waals surface area (Å²) in [5.41, 5.74) is 3.58. The fraction of sp³-hybridized carbons (Fsp3) is 0.556. The van der Waals surface area contributed by atoms with Gasteiger partial charge in [0.2, 0.25) is 0 Å². The van der Waals surface area contributed by atoms with Crippen LogP contribution in [-0.2, 0) is 6.42 Å². The van der Waals surface area contributed by atoms with E-state index < -0.39 is 6.36 Å². The maximum atomic E-state index is 12.3. The van der Waals surface area contributed by atoms with Crippen LogP contribution in [0.2, 0.25) is 0 Å². The minimum absolute atomic E-state index is 0.178. The van der Waals surface area contributed by atoms with E-state index in [1.807, 2.05) is 0 Å². The van der Waals surface area contributed by atoms with Crippen LogP contribution in [0.3, 0.4) is 0 Å². The first-order valence-corrected chi connectivity index (χ1v) is 11.9. The molecule has 3 rings (SSSR count). The number of halogens is 3. The molecule has 31 heavy (non-hydrogen) atoms. The van der Waals surface area contributed by atoms with E-state index in [0.29, 0.717) is 12.3 Å². The van der Waals surface area contributed by atoms with Crippen LogP contribution >= 0.6 is 0 Å². The molecule has 0 N–H and O–H groups in total. The van der Waals surface area contributed by atoms with Crippen molar-refractivity contribution in [3.8, 4) is 5.75 Å². The van der Waals surface area contributed by atoms with Crippen molar-refractivity contribution in [3.63, 3.8) is 0 Å². The van der Waals surface area contributed by atoms with Gasteiger partial charge in [-0.3, -0.25) is 0 Å². The van der Waals surface area contributed by atoms with Crippen molar-refractivity contribution < 1.29 is 17.9 Å². The number of benzene rings is 2. The van der Waals surface area contributed by atoms with Crippen LogP contribution < -0.4 is 4.74 Å². The van der Waals surface area contributed by atoms with Gasteiger partial charge in [0.15, 0.2) is 0 Å². The second kappa shape index (κ2) is 11.6. The van der Waals surface area contributed by atoms with Gasteiger partial charge in [0.25, 0.3) is 0 Å². The van der Waals surface area contributed by atoms with Crippen LogP contribution in [0.4, 0.5) is 13.2 Å². The number of ether oxygens (including phenoxy) is 1. The number of rotatable bonds is 10. The Morgan fingerprint density at radius 1 is 0.774 bits per heavy atom. The van der Waals surface area contributed by atoms with Gasteiger partial charge < -0.3 is 4.74 Å². The highest BCUT2D eigenvalue weighted by Crippen LogP contribution is 2.38. The van der Waals surface area contributed by atoms with Crippen molar-refractivity contribution in [2.75, 3.05) is 0 Å². The van der Waals surface area contributed by atoms with Crippen molar-refractivity contribution in [2.45, 2.75) is 89.8 Å². The lowest BCUT2D eigenvalue weighted by Crippen LogP contribution is -2.17. The zero-order chi connectivity index (χ0) is 22.1. The van der Waals surface area contributed by atoms with Gasteiger partial charge in [-0.1, -0.05) is 81.8 Å². The van der Waals surface area contributed by atoms with Gasteiger partial charge in [-0.2, -0.15) is 0 Å². The SMILES string of the molecule is CCCCCCCC1CCC(c2ccc(Cc3ccc(OC(F)(F)F)cc3)cc2)CC1. The summed E-state index contributed by atoms with van der Waals surface area (Å²) in [6, 6.07) is 14.9. The zero-order valence-corrected chi connectivity index (χ0v) is 18.6. The van der Waals surface area contributed by atoms with Crippen molar-refractivity contribution in [2.24, 2.45) is 5.92 Å². The first kappa shape index (κ1) is 23.7. The van der Waals surface area contributed by atoms with Gasteiger partial charge in [-0.15, -0.1) is 13.2 Å². The summed E-state index contributed by atoms with van der Waals surface area (Å²) in [4.78, 5) is 0. The quantitative estimate of drug-likeness (QED) is 0.341. The molecule has 0 amide bonds. The lowest BCUT2D eigenvalue weighted by atomic mass is 9.77. The highest BCUT2D eigenvalue weighted by Gasteiger charge is 2.31. The van der Waals surface area contributed by atoms with Crippen molar-refractivity contribution in [1.82, 2.24) is 0 Å². The minimum Gasteiger partial charge on any atom is -0.406 e. The second-order valence-electron chi connectivity index (χ2n) is 9.03. The number of alkyl halides is 3. The van der Waals surface area contributed by atoms with Crippen molar-refractivity contribution in [1.29, 1.82) is 0 Å². The maximum absolute atomic E-state index is 12.3. The topological polar surface area (TPSA) is 9.23 Å². The van der Waals surface area contributed by atoms with Gasteiger partial charge in [-0.25, -0.2) is 0 Å². The molecular weight excluding hydrogens is 397 g/mol. The standard InChI is InChI=1S/C27H35F3O/c1-2-3-4-5-6-7-21-8-14-24(15-9-21)25-16-10-22(11-17-25)20-23-12-18-26(19-13-23)31-27(28,29)30/h10-13,16-19,21,24H,2-9,14-15,20H2,1H3. The Morgan fingerprint density at radius 2 is 1.35 bits per heavy atom. The molecule has 0 heterocycles. The molecule has 2 aromatic carbocycles. The van der Waals surface area contributed by atoms with E-state index in [1.54, 1.807) is 12.1 Å². The molecular formula is C27H35F3O. The summed E-state index contributed by atoms with van der Waals surface area (Å²) in [5, 5.41) is 0. The van der Waals surface area contributed by atoms with Crippen LogP contribution in [0.5, 0.6) is 5.75 Å². The van der Waals surface area contributed by atoms with E-state index in [4.69, 9.17) is 0 Å². The predicted octanol–water partition coefficient (Wildman–Crippen LogP) is 8.81. The average molecular weight is 433 g/mol. The molecule has 1 saturated carbocycles. The lowest BCUT2D eigenvalue weighted by molar-refractivity contribution is -0.274. The Hall–Kier alpha value is -1.97. The molecule has 0 radical (unpaired) electrons. The van der Waals surface area contributed by atoms with Crippen LogP contribution in [0.15, 0.2) is 48.5 Å². The molecule has 2 aromatic rings. The normalized spacial score (nSPS) is 19.4. The number of hydrogen-bond acceptors (Lipinski definition) is 1. The first-order chi connectivity index (χ1) is 14.9. The van der Waals surface area contributed by atoms with E-state index >= 15 is 0 Å². The molecule has 0 aromatic heterocycles. The molecule has 0 aliphatic heterocycles. The van der Waals surface area contributed by atoms with Gasteiger partial charge in [-0.05, 0) is 72.8 Å². The number of unbranched alkanes of at least 4 members (excludes halogenated alkanes) is 4. The lowest BCUT2D eigenvalue weighted by Gasteiger charge is -2.29. The molecule has 0 saturated heterocycles. The minimum atomic E-state index is -4.65. The third-order valence-electron chi connectivity index (χ3n) is 6.58. The monoisotopic (exact) mass is 432 g/mol. The summed E-state index contributed by atoms with van der Waals surface area (Å²) < 4.78 is 40.8. The Kier molecular flexibility index (Phi) is 8.86. The third-order valence-corrected chi connectivity index (χ3v) is 6.58. The zero-order valence-electron chi connectivity index (χ0n) is 18.6. The van der Waals surface area contributed by atoms with E-state index in [9.17, 15) is 13.2 Å². The molecule has 1 fully saturated rings. The van der Waals surface area contributed by atoms with E-state index in [-0.39, 0.29) is 5.75 Å². The van der Waals surface area contributed by atoms with Gasteiger partial charge in [0.1, 0.15) is 5.75 Å². The predicted molar refractivity (Wildman–Crippen MR) is 120 cm³/mol. The summed E-state index contributed by atoms with van der Waals surface area (Å²) >= 11 is 0. The Morgan fingerprint density at radius 3 is 1.94 bits per heavy atom. The summed E-state index contributed by atoms with van der Waals surface area (Å²) in [5.74, 6) is 1.41. The van der Waals surface area contributed by atoms with Gasteiger partial charge >= 0.3 is 6.36 Å². The van der Waals surface area contributed by atoms with E-state index in [0.717, 1.165) is 11.5 Å². The maximum Gasteiger partial charge on any atom is 0.573 e. The summed E-state index contributed by atoms with van der Waals surface area (Å²) in [6.07, 6.45) is 9.63. The number of hydrogen-bond donors (Lipinski definition) is 0. The average Bonchev–Trinajstić information content (AvgIpc) is 2.75. The van der Waals surface area contributed by atoms with Crippen LogP contribution in [-0.4, -0.2) is 6.36 Å². The fourth-order valence-corrected chi connectivity index (χ4v) is 4.77. The largest absolute Gasteiger partial charge is 0.573 e. The van der Waals surface area contributed by atoms with Gasteiger partial charge in [0.05, 0.1) is 0 Å².